The van der Waals surface area contributed by atoms with Crippen LogP contribution >= 0.6 is 23.4 Å². The summed E-state index contributed by atoms with van der Waals surface area (Å²) in [6.07, 6.45) is 3.91. The first-order chi connectivity index (χ1) is 14.1. The number of anilines is 1. The Hall–Kier alpha value is -3.03. The summed E-state index contributed by atoms with van der Waals surface area (Å²) < 4.78 is 5.61. The van der Waals surface area contributed by atoms with Gasteiger partial charge in [0.1, 0.15) is 17.2 Å². The van der Waals surface area contributed by atoms with Crippen LogP contribution in [0.5, 0.6) is 17.2 Å². The van der Waals surface area contributed by atoms with Gasteiger partial charge in [-0.1, -0.05) is 17.7 Å². The van der Waals surface area contributed by atoms with Crippen molar-refractivity contribution in [2.24, 2.45) is 4.99 Å². The van der Waals surface area contributed by atoms with Gasteiger partial charge in [0.05, 0.1) is 28.4 Å². The summed E-state index contributed by atoms with van der Waals surface area (Å²) in [6.45, 7) is 0. The Bertz CT molecular complexity index is 1090. The second-order valence-corrected chi connectivity index (χ2v) is 7.75. The van der Waals surface area contributed by atoms with Gasteiger partial charge in [0, 0.05) is 23.7 Å². The first kappa shape index (κ1) is 19.3. The highest BCUT2D eigenvalue weighted by molar-refractivity contribution is 8.14. The van der Waals surface area contributed by atoms with Crippen molar-refractivity contribution >= 4 is 45.7 Å². The number of carbonyl (C=O) groups is 1. The number of ether oxygens (including phenoxy) is 1. The van der Waals surface area contributed by atoms with Gasteiger partial charge >= 0.3 is 0 Å². The molecule has 0 radical (unpaired) electrons. The molecule has 0 fully saturated rings. The molecule has 0 aliphatic carbocycles. The highest BCUT2D eigenvalue weighted by Crippen LogP contribution is 2.33. The molecular formula is C21H16ClN3O3S. The summed E-state index contributed by atoms with van der Waals surface area (Å²) in [5.74, 6) is 0.876. The number of aromatic nitrogens is 1. The number of hydrogen-bond donors (Lipinski definition) is 2. The fourth-order valence-corrected chi connectivity index (χ4v) is 3.73. The number of aromatic hydroxyl groups is 1. The third kappa shape index (κ3) is 4.88. The van der Waals surface area contributed by atoms with Crippen LogP contribution in [-0.4, -0.2) is 26.8 Å². The molecule has 2 N–H and O–H groups in total. The number of nitrogens with zero attached hydrogens (tertiary/aromatic N) is 2. The van der Waals surface area contributed by atoms with Crippen molar-refractivity contribution < 1.29 is 14.6 Å². The van der Waals surface area contributed by atoms with Gasteiger partial charge in [-0.3, -0.25) is 9.78 Å². The van der Waals surface area contributed by atoms with Gasteiger partial charge in [-0.25, -0.2) is 4.99 Å². The molecule has 2 heterocycles. The van der Waals surface area contributed by atoms with E-state index in [0.29, 0.717) is 28.6 Å². The van der Waals surface area contributed by atoms with Crippen LogP contribution in [0.4, 0.5) is 11.4 Å². The van der Waals surface area contributed by atoms with Crippen molar-refractivity contribution in [2.75, 3.05) is 11.1 Å². The quantitative estimate of drug-likeness (QED) is 0.549. The number of pyridine rings is 1. The second-order valence-electron chi connectivity index (χ2n) is 6.26. The van der Waals surface area contributed by atoms with Crippen LogP contribution in [0, 0.1) is 0 Å². The summed E-state index contributed by atoms with van der Waals surface area (Å²) in [6, 6.07) is 13.8. The molecule has 0 saturated carbocycles. The number of hydrogen-bond acceptors (Lipinski definition) is 6. The van der Waals surface area contributed by atoms with Crippen LogP contribution in [0.1, 0.15) is 5.56 Å². The number of benzene rings is 2. The zero-order valence-corrected chi connectivity index (χ0v) is 16.7. The van der Waals surface area contributed by atoms with E-state index in [4.69, 9.17) is 16.3 Å². The number of phenols is 1. The van der Waals surface area contributed by atoms with E-state index in [-0.39, 0.29) is 17.4 Å². The Morgan fingerprint density at radius 2 is 2.10 bits per heavy atom. The number of phenolic OH excluding ortho intramolecular Hbond substituents is 1. The molecule has 0 bridgehead atoms. The molecular weight excluding hydrogens is 410 g/mol. The van der Waals surface area contributed by atoms with Crippen LogP contribution in [0.3, 0.4) is 0 Å². The molecule has 1 amide bonds. The van der Waals surface area contributed by atoms with E-state index in [1.165, 1.54) is 17.8 Å². The van der Waals surface area contributed by atoms with Crippen LogP contribution < -0.4 is 10.1 Å². The summed E-state index contributed by atoms with van der Waals surface area (Å²) in [5, 5.41) is 14.4. The summed E-state index contributed by atoms with van der Waals surface area (Å²) in [7, 11) is 0. The average Bonchev–Trinajstić information content (AvgIpc) is 3.11. The predicted molar refractivity (Wildman–Crippen MR) is 116 cm³/mol. The van der Waals surface area contributed by atoms with Gasteiger partial charge in [-0.2, -0.15) is 0 Å². The number of aliphatic imine (C=N–C) groups is 1. The van der Waals surface area contributed by atoms with Gasteiger partial charge in [-0.05, 0) is 42.0 Å². The van der Waals surface area contributed by atoms with Gasteiger partial charge < -0.3 is 15.2 Å². The van der Waals surface area contributed by atoms with Gasteiger partial charge in [-0.15, -0.1) is 11.8 Å². The van der Waals surface area contributed by atoms with Crippen LogP contribution in [0.25, 0.3) is 0 Å². The summed E-state index contributed by atoms with van der Waals surface area (Å²) in [5.41, 5.74) is 2.26. The van der Waals surface area contributed by atoms with Crippen LogP contribution in [-0.2, 0) is 11.2 Å². The monoisotopic (exact) mass is 425 g/mol. The highest BCUT2D eigenvalue weighted by Gasteiger charge is 2.17. The van der Waals surface area contributed by atoms with Gasteiger partial charge in [0.2, 0.25) is 5.91 Å². The third-order valence-electron chi connectivity index (χ3n) is 4.12. The fraction of sp³-hybridized carbons (Fsp3) is 0.0952. The lowest BCUT2D eigenvalue weighted by Crippen LogP contribution is -2.15. The minimum absolute atomic E-state index is 0.0787. The number of carbonyl (C=O) groups excluding carboxylic acids is 1. The summed E-state index contributed by atoms with van der Waals surface area (Å²) >= 11 is 7.35. The van der Waals surface area contributed by atoms with Crippen molar-refractivity contribution in [3.8, 4) is 17.2 Å². The number of thioether (sulfide) groups is 1. The number of rotatable bonds is 5. The number of nitrogens with one attached hydrogen (secondary N) is 1. The molecule has 146 valence electrons. The normalized spacial score (nSPS) is 12.2. The largest absolute Gasteiger partial charge is 0.506 e. The smallest absolute Gasteiger partial charge is 0.234 e. The standard InChI is InChI=1S/C21H16ClN3O3S/c22-14-4-3-13-8-21(25-18(13)9-14)29-12-20(27)24-17-6-5-15(10-19(17)26)28-16-2-1-7-23-11-16/h1-7,9-11,26H,8,12H2,(H,24,27). The Morgan fingerprint density at radius 3 is 2.90 bits per heavy atom. The van der Waals surface area contributed by atoms with E-state index in [0.717, 1.165) is 16.3 Å². The molecule has 1 aliphatic heterocycles. The van der Waals surface area contributed by atoms with E-state index in [2.05, 4.69) is 15.3 Å². The van der Waals surface area contributed by atoms with Crippen LogP contribution in [0.2, 0.25) is 5.02 Å². The van der Waals surface area contributed by atoms with Crippen molar-refractivity contribution in [1.29, 1.82) is 0 Å². The first-order valence-corrected chi connectivity index (χ1v) is 10.1. The van der Waals surface area contributed by atoms with Crippen molar-refractivity contribution in [3.05, 3.63) is 71.5 Å². The molecule has 2 aromatic carbocycles. The van der Waals surface area contributed by atoms with Crippen LogP contribution in [0.15, 0.2) is 65.9 Å². The minimum atomic E-state index is -0.233. The third-order valence-corrected chi connectivity index (χ3v) is 5.33. The van der Waals surface area contributed by atoms with E-state index >= 15 is 0 Å². The first-order valence-electron chi connectivity index (χ1n) is 8.76. The maximum atomic E-state index is 12.3. The molecule has 8 heteroatoms. The molecule has 0 unspecified atom stereocenters. The zero-order valence-electron chi connectivity index (χ0n) is 15.1. The van der Waals surface area contributed by atoms with Crippen molar-refractivity contribution in [3.63, 3.8) is 0 Å². The molecule has 4 rings (SSSR count). The van der Waals surface area contributed by atoms with E-state index in [1.54, 1.807) is 36.7 Å². The molecule has 3 aromatic rings. The second kappa shape index (κ2) is 8.55. The maximum Gasteiger partial charge on any atom is 0.234 e. The maximum absolute atomic E-state index is 12.3. The molecule has 6 nitrogen and oxygen atoms in total. The van der Waals surface area contributed by atoms with Crippen molar-refractivity contribution in [1.82, 2.24) is 4.98 Å². The lowest BCUT2D eigenvalue weighted by Gasteiger charge is -2.10. The highest BCUT2D eigenvalue weighted by atomic mass is 35.5. The minimum Gasteiger partial charge on any atom is -0.506 e. The number of halogens is 1. The molecule has 29 heavy (non-hydrogen) atoms. The zero-order chi connectivity index (χ0) is 20.2. The average molecular weight is 426 g/mol. The topological polar surface area (TPSA) is 83.8 Å². The predicted octanol–water partition coefficient (Wildman–Crippen LogP) is 5.19. The van der Waals surface area contributed by atoms with Crippen molar-refractivity contribution in [2.45, 2.75) is 6.42 Å². The molecule has 1 aromatic heterocycles. The van der Waals surface area contributed by atoms with E-state index < -0.39 is 0 Å². The molecule has 0 saturated heterocycles. The lowest BCUT2D eigenvalue weighted by molar-refractivity contribution is -0.113. The summed E-state index contributed by atoms with van der Waals surface area (Å²) in [4.78, 5) is 20.7. The van der Waals surface area contributed by atoms with E-state index in [1.807, 2.05) is 18.2 Å². The van der Waals surface area contributed by atoms with E-state index in [9.17, 15) is 9.90 Å². The van der Waals surface area contributed by atoms with Gasteiger partial charge in [0.15, 0.2) is 0 Å². The molecule has 1 aliphatic rings. The lowest BCUT2D eigenvalue weighted by atomic mass is 10.2. The molecule has 0 atom stereocenters. The fourth-order valence-electron chi connectivity index (χ4n) is 2.77. The number of fused-ring (bicyclic) bond motifs is 1. The molecule has 0 spiro atoms. The number of amides is 1. The Morgan fingerprint density at radius 1 is 1.21 bits per heavy atom. The Kier molecular flexibility index (Phi) is 5.69. The SMILES string of the molecule is O=C(CSC1=Nc2cc(Cl)ccc2C1)Nc1ccc(Oc2cccnc2)cc1O. The Labute approximate surface area is 176 Å². The Balaban J connectivity index is 1.32. The van der Waals surface area contributed by atoms with Gasteiger partial charge in [0.25, 0.3) is 0 Å².